The summed E-state index contributed by atoms with van der Waals surface area (Å²) in [6, 6.07) is 0. The van der Waals surface area contributed by atoms with Crippen molar-refractivity contribution in [2.75, 3.05) is 13.2 Å². The van der Waals surface area contributed by atoms with Crippen molar-refractivity contribution in [3.63, 3.8) is 0 Å². The number of ether oxygens (including phenoxy) is 1. The van der Waals surface area contributed by atoms with Gasteiger partial charge in [-0.3, -0.25) is 9.59 Å². The fraction of sp³-hybridized carbons (Fsp3) is 0.667. The number of hydrogen-bond donors (Lipinski definition) is 2. The smallest absolute Gasteiger partial charge is 0.192 e. The van der Waals surface area contributed by atoms with Gasteiger partial charge in [-0.1, -0.05) is 37.1 Å². The number of Topliss-reactive ketones (excluding diaryl/α,β-unsaturated/α-hetero) is 1. The average Bonchev–Trinajstić information content (AvgIpc) is 2.94. The monoisotopic (exact) mass is 400 g/mol. The third-order valence-corrected chi connectivity index (χ3v) is 8.52. The molecule has 0 spiro atoms. The van der Waals surface area contributed by atoms with Crippen LogP contribution in [0.5, 0.6) is 0 Å². The third-order valence-electron chi connectivity index (χ3n) is 8.52. The van der Waals surface area contributed by atoms with Crippen LogP contribution in [-0.2, 0) is 14.3 Å². The van der Waals surface area contributed by atoms with Gasteiger partial charge in [0.05, 0.1) is 12.7 Å². The van der Waals surface area contributed by atoms with E-state index in [-0.39, 0.29) is 29.6 Å². The number of carbonyl (C=O) groups is 2. The van der Waals surface area contributed by atoms with Crippen molar-refractivity contribution < 1.29 is 24.5 Å². The molecule has 29 heavy (non-hydrogen) atoms. The van der Waals surface area contributed by atoms with Crippen LogP contribution in [0.2, 0.25) is 0 Å². The lowest BCUT2D eigenvalue weighted by molar-refractivity contribution is -0.174. The third kappa shape index (κ3) is 2.70. The van der Waals surface area contributed by atoms with Crippen molar-refractivity contribution in [3.8, 4) is 0 Å². The lowest BCUT2D eigenvalue weighted by Crippen LogP contribution is -2.60. The van der Waals surface area contributed by atoms with Gasteiger partial charge >= 0.3 is 0 Å². The van der Waals surface area contributed by atoms with Crippen LogP contribution >= 0.6 is 0 Å². The van der Waals surface area contributed by atoms with E-state index >= 15 is 0 Å². The highest BCUT2D eigenvalue weighted by atomic mass is 16.5. The Balaban J connectivity index is 1.76. The lowest BCUT2D eigenvalue weighted by atomic mass is 9.50. The molecule has 2 fully saturated rings. The van der Waals surface area contributed by atoms with Gasteiger partial charge in [0.1, 0.15) is 6.61 Å². The Kier molecular flexibility index (Phi) is 5.00. The lowest BCUT2D eigenvalue weighted by Gasteiger charge is -2.54. The zero-order chi connectivity index (χ0) is 21.0. The molecular formula is C24H32O5. The van der Waals surface area contributed by atoms with Crippen LogP contribution in [0.3, 0.4) is 0 Å². The van der Waals surface area contributed by atoms with E-state index in [1.165, 1.54) is 11.1 Å². The van der Waals surface area contributed by atoms with Gasteiger partial charge in [0.2, 0.25) is 0 Å². The van der Waals surface area contributed by atoms with Crippen LogP contribution in [0, 0.1) is 22.7 Å². The predicted octanol–water partition coefficient (Wildman–Crippen LogP) is 2.91. The molecule has 2 saturated carbocycles. The molecule has 4 rings (SSSR count). The summed E-state index contributed by atoms with van der Waals surface area (Å²) in [4.78, 5) is 24.8. The van der Waals surface area contributed by atoms with Gasteiger partial charge in [-0.2, -0.15) is 0 Å². The Hall–Kier alpha value is -1.56. The van der Waals surface area contributed by atoms with Crippen molar-refractivity contribution in [2.24, 2.45) is 22.7 Å². The SMILES string of the molecule is C=CCO[C@@H]1C[C@H]2[C@@H]3CCC4=CC(=O)CC[C@]4(C)C3=CC[C@]2(C)[C@@]1(O)C(=O)CO. The van der Waals surface area contributed by atoms with E-state index in [9.17, 15) is 19.8 Å². The Labute approximate surface area is 172 Å². The maximum absolute atomic E-state index is 12.8. The van der Waals surface area contributed by atoms with E-state index in [0.717, 1.165) is 19.3 Å². The van der Waals surface area contributed by atoms with E-state index in [0.29, 0.717) is 19.3 Å². The molecule has 5 heteroatoms. The molecule has 158 valence electrons. The highest BCUT2D eigenvalue weighted by Gasteiger charge is 2.68. The van der Waals surface area contributed by atoms with Crippen molar-refractivity contribution in [3.05, 3.63) is 36.0 Å². The minimum absolute atomic E-state index is 0.0915. The first-order chi connectivity index (χ1) is 13.7. The summed E-state index contributed by atoms with van der Waals surface area (Å²) < 4.78 is 5.89. The number of aliphatic hydroxyl groups excluding tert-OH is 1. The number of carbonyl (C=O) groups excluding carboxylic acids is 2. The summed E-state index contributed by atoms with van der Waals surface area (Å²) in [6.45, 7) is 7.47. The largest absolute Gasteiger partial charge is 0.388 e. The average molecular weight is 401 g/mol. The van der Waals surface area contributed by atoms with Crippen LogP contribution < -0.4 is 0 Å². The number of ketones is 2. The molecule has 0 saturated heterocycles. The topological polar surface area (TPSA) is 83.8 Å². The van der Waals surface area contributed by atoms with Gasteiger partial charge in [-0.25, -0.2) is 0 Å². The second-order valence-electron chi connectivity index (χ2n) is 9.69. The Morgan fingerprint density at radius 3 is 2.83 bits per heavy atom. The Bertz CT molecular complexity index is 810. The highest BCUT2D eigenvalue weighted by Crippen LogP contribution is 2.66. The number of aliphatic hydroxyl groups is 2. The van der Waals surface area contributed by atoms with E-state index in [4.69, 9.17) is 4.74 Å². The van der Waals surface area contributed by atoms with Crippen LogP contribution in [0.15, 0.2) is 36.0 Å². The van der Waals surface area contributed by atoms with Crippen molar-refractivity contribution in [1.82, 2.24) is 0 Å². The van der Waals surface area contributed by atoms with E-state index in [1.807, 2.05) is 13.0 Å². The fourth-order valence-corrected chi connectivity index (χ4v) is 6.85. The van der Waals surface area contributed by atoms with Crippen LogP contribution in [0.4, 0.5) is 0 Å². The number of hydrogen-bond acceptors (Lipinski definition) is 5. The van der Waals surface area contributed by atoms with Crippen LogP contribution in [-0.4, -0.2) is 46.7 Å². The van der Waals surface area contributed by atoms with Gasteiger partial charge in [-0.15, -0.1) is 6.58 Å². The summed E-state index contributed by atoms with van der Waals surface area (Å²) >= 11 is 0. The predicted molar refractivity (Wildman–Crippen MR) is 109 cm³/mol. The van der Waals surface area contributed by atoms with Crippen molar-refractivity contribution in [1.29, 1.82) is 0 Å². The minimum atomic E-state index is -1.71. The van der Waals surface area contributed by atoms with E-state index in [1.54, 1.807) is 6.08 Å². The summed E-state index contributed by atoms with van der Waals surface area (Å²) in [5.74, 6) is 0.00592. The molecule has 6 atom stereocenters. The maximum Gasteiger partial charge on any atom is 0.192 e. The molecule has 4 aliphatic carbocycles. The normalized spacial score (nSPS) is 43.6. The second-order valence-corrected chi connectivity index (χ2v) is 9.69. The maximum atomic E-state index is 12.8. The van der Waals surface area contributed by atoms with E-state index < -0.39 is 29.5 Å². The van der Waals surface area contributed by atoms with Gasteiger partial charge in [0, 0.05) is 17.3 Å². The first-order valence-corrected chi connectivity index (χ1v) is 10.8. The molecular weight excluding hydrogens is 368 g/mol. The van der Waals surface area contributed by atoms with Gasteiger partial charge in [0.25, 0.3) is 0 Å². The highest BCUT2D eigenvalue weighted by molar-refractivity contribution is 5.92. The quantitative estimate of drug-likeness (QED) is 0.694. The fourth-order valence-electron chi connectivity index (χ4n) is 6.85. The molecule has 0 bridgehead atoms. The number of allylic oxidation sites excluding steroid dienone is 4. The minimum Gasteiger partial charge on any atom is -0.388 e. The van der Waals surface area contributed by atoms with Gasteiger partial charge in [-0.05, 0) is 50.0 Å². The molecule has 0 heterocycles. The molecule has 0 radical (unpaired) electrons. The van der Waals surface area contributed by atoms with Crippen LogP contribution in [0.1, 0.15) is 52.4 Å². The zero-order valence-corrected chi connectivity index (χ0v) is 17.4. The Morgan fingerprint density at radius 1 is 1.38 bits per heavy atom. The first kappa shape index (κ1) is 20.7. The summed E-state index contributed by atoms with van der Waals surface area (Å²) in [5, 5.41) is 21.3. The Morgan fingerprint density at radius 2 is 2.14 bits per heavy atom. The number of rotatable bonds is 5. The molecule has 5 nitrogen and oxygen atoms in total. The molecule has 4 aliphatic rings. The standard InChI is InChI=1S/C24H32O5/c1-4-11-29-21-13-19-17-6-5-15-12-16(26)7-9-22(15,2)18(17)8-10-23(19,3)24(21,28)20(27)14-25/h4,8,12,17,19,21,25,28H,1,5-7,9-11,13-14H2,2-3H3/t17-,19+,21-,22+,23+,24-/m1/s1. The van der Waals surface area contributed by atoms with Gasteiger partial charge in [0.15, 0.2) is 17.2 Å². The van der Waals surface area contributed by atoms with Gasteiger partial charge < -0.3 is 14.9 Å². The molecule has 0 aliphatic heterocycles. The molecule has 0 unspecified atom stereocenters. The van der Waals surface area contributed by atoms with E-state index in [2.05, 4.69) is 19.6 Å². The van der Waals surface area contributed by atoms with Crippen LogP contribution in [0.25, 0.3) is 0 Å². The molecule has 0 aromatic rings. The van der Waals surface area contributed by atoms with Crippen molar-refractivity contribution >= 4 is 11.6 Å². The zero-order valence-electron chi connectivity index (χ0n) is 17.4. The molecule has 0 aromatic carbocycles. The van der Waals surface area contributed by atoms with Crippen molar-refractivity contribution in [2.45, 2.75) is 64.1 Å². The second kappa shape index (κ2) is 7.00. The molecule has 0 amide bonds. The summed E-state index contributed by atoms with van der Waals surface area (Å²) in [5.41, 5.74) is 0.107. The molecule has 0 aromatic heterocycles. The summed E-state index contributed by atoms with van der Waals surface area (Å²) in [6.07, 6.45) is 9.39. The number of fused-ring (bicyclic) bond motifs is 5. The first-order valence-electron chi connectivity index (χ1n) is 10.8. The summed E-state index contributed by atoms with van der Waals surface area (Å²) in [7, 11) is 0. The molecule has 2 N–H and O–H groups in total.